The Morgan fingerprint density at radius 1 is 1.11 bits per heavy atom. The highest BCUT2D eigenvalue weighted by atomic mass is 32.2. The predicted octanol–water partition coefficient (Wildman–Crippen LogP) is 2.42. The van der Waals surface area contributed by atoms with Crippen molar-refractivity contribution in [3.63, 3.8) is 0 Å². The summed E-state index contributed by atoms with van der Waals surface area (Å²) in [7, 11) is -1.90. The molecular formula is C21H24N2O4S. The van der Waals surface area contributed by atoms with Crippen LogP contribution in [0, 0.1) is 0 Å². The number of hydrogen-bond acceptors (Lipinski definition) is 4. The average Bonchev–Trinajstić information content (AvgIpc) is 3.10. The lowest BCUT2D eigenvalue weighted by molar-refractivity contribution is -0.130. The minimum absolute atomic E-state index is 0.0543. The van der Waals surface area contributed by atoms with E-state index in [4.69, 9.17) is 0 Å². The monoisotopic (exact) mass is 400 g/mol. The minimum Gasteiger partial charge on any atom is -0.341 e. The van der Waals surface area contributed by atoms with Gasteiger partial charge in [-0.05, 0) is 35.7 Å². The Morgan fingerprint density at radius 2 is 1.82 bits per heavy atom. The van der Waals surface area contributed by atoms with Crippen LogP contribution in [0.2, 0.25) is 0 Å². The fraction of sp³-hybridized carbons (Fsp3) is 0.333. The molecule has 1 aliphatic heterocycles. The number of amides is 2. The zero-order valence-electron chi connectivity index (χ0n) is 16.1. The normalized spacial score (nSPS) is 13.3. The van der Waals surface area contributed by atoms with Crippen LogP contribution in [0.1, 0.15) is 24.5 Å². The molecule has 6 nitrogen and oxygen atoms in total. The van der Waals surface area contributed by atoms with E-state index in [0.29, 0.717) is 19.5 Å². The summed E-state index contributed by atoms with van der Waals surface area (Å²) in [4.78, 5) is 27.4. The molecule has 1 aliphatic rings. The number of rotatable bonds is 6. The minimum atomic E-state index is -3.57. The van der Waals surface area contributed by atoms with Crippen molar-refractivity contribution in [2.45, 2.75) is 31.2 Å². The summed E-state index contributed by atoms with van der Waals surface area (Å²) in [6.07, 6.45) is 0.569. The van der Waals surface area contributed by atoms with Gasteiger partial charge in [-0.2, -0.15) is 0 Å². The van der Waals surface area contributed by atoms with Gasteiger partial charge in [0.1, 0.15) is 0 Å². The second-order valence-electron chi connectivity index (χ2n) is 7.02. The molecule has 0 spiro atoms. The summed E-state index contributed by atoms with van der Waals surface area (Å²) >= 11 is 0. The summed E-state index contributed by atoms with van der Waals surface area (Å²) in [6, 6.07) is 14.4. The van der Waals surface area contributed by atoms with E-state index in [0.717, 1.165) is 16.8 Å². The second-order valence-corrected chi connectivity index (χ2v) is 9.12. The number of sulfone groups is 1. The van der Waals surface area contributed by atoms with E-state index in [1.165, 1.54) is 17.9 Å². The maximum Gasteiger partial charge on any atom is 0.223 e. The van der Waals surface area contributed by atoms with Gasteiger partial charge in [-0.25, -0.2) is 8.42 Å². The lowest BCUT2D eigenvalue weighted by Crippen LogP contribution is -2.28. The highest BCUT2D eigenvalue weighted by molar-refractivity contribution is 7.91. The van der Waals surface area contributed by atoms with E-state index in [1.54, 1.807) is 24.1 Å². The number of carbonyl (C=O) groups is 2. The van der Waals surface area contributed by atoms with Crippen molar-refractivity contribution in [3.8, 4) is 0 Å². The molecule has 1 heterocycles. The molecule has 2 aromatic rings. The molecule has 148 valence electrons. The number of nitrogens with zero attached hydrogens (tertiary/aromatic N) is 2. The van der Waals surface area contributed by atoms with Gasteiger partial charge in [-0.3, -0.25) is 9.59 Å². The van der Waals surface area contributed by atoms with E-state index >= 15 is 0 Å². The van der Waals surface area contributed by atoms with Crippen molar-refractivity contribution in [3.05, 3.63) is 59.7 Å². The molecule has 2 amide bonds. The first kappa shape index (κ1) is 20.1. The van der Waals surface area contributed by atoms with Crippen molar-refractivity contribution in [1.29, 1.82) is 0 Å². The van der Waals surface area contributed by atoms with Crippen LogP contribution < -0.4 is 4.90 Å². The van der Waals surface area contributed by atoms with E-state index in [1.807, 2.05) is 30.3 Å². The first-order chi connectivity index (χ1) is 13.3. The fourth-order valence-corrected chi connectivity index (χ4v) is 4.65. The Morgan fingerprint density at radius 3 is 2.50 bits per heavy atom. The van der Waals surface area contributed by atoms with Crippen molar-refractivity contribution in [1.82, 2.24) is 4.90 Å². The third kappa shape index (κ3) is 4.42. The molecule has 0 aromatic heterocycles. The molecule has 0 atom stereocenters. The molecule has 3 rings (SSSR count). The molecule has 0 saturated heterocycles. The summed E-state index contributed by atoms with van der Waals surface area (Å²) in [6.45, 7) is 2.51. The van der Waals surface area contributed by atoms with Crippen LogP contribution in [0.25, 0.3) is 0 Å². The Kier molecular flexibility index (Phi) is 5.84. The van der Waals surface area contributed by atoms with Gasteiger partial charge in [0.05, 0.1) is 10.6 Å². The predicted molar refractivity (Wildman–Crippen MR) is 108 cm³/mol. The topological polar surface area (TPSA) is 74.8 Å². The van der Waals surface area contributed by atoms with Gasteiger partial charge in [0, 0.05) is 39.2 Å². The molecule has 0 fully saturated rings. The highest BCUT2D eigenvalue weighted by Gasteiger charge is 2.25. The van der Waals surface area contributed by atoms with Gasteiger partial charge < -0.3 is 9.80 Å². The number of benzene rings is 2. The van der Waals surface area contributed by atoms with Crippen LogP contribution in [0.15, 0.2) is 53.4 Å². The van der Waals surface area contributed by atoms with Crippen LogP contribution in [-0.4, -0.2) is 44.5 Å². The molecule has 0 radical (unpaired) electrons. The van der Waals surface area contributed by atoms with E-state index < -0.39 is 9.84 Å². The summed E-state index contributed by atoms with van der Waals surface area (Å²) in [5, 5.41) is 0. The lowest BCUT2D eigenvalue weighted by Gasteiger charge is -2.17. The van der Waals surface area contributed by atoms with Gasteiger partial charge in [0.25, 0.3) is 0 Å². The Balaban J connectivity index is 1.64. The quantitative estimate of drug-likeness (QED) is 0.746. The Hall–Kier alpha value is -2.67. The van der Waals surface area contributed by atoms with Gasteiger partial charge in [-0.1, -0.05) is 30.3 Å². The Bertz CT molecular complexity index is 987. The molecular weight excluding hydrogens is 376 g/mol. The van der Waals surface area contributed by atoms with Gasteiger partial charge in [0.15, 0.2) is 9.84 Å². The zero-order chi connectivity index (χ0) is 20.3. The summed E-state index contributed by atoms with van der Waals surface area (Å²) in [5.41, 5.74) is 2.61. The number of hydrogen-bond donors (Lipinski definition) is 0. The summed E-state index contributed by atoms with van der Waals surface area (Å²) < 4.78 is 25.4. The summed E-state index contributed by atoms with van der Waals surface area (Å²) in [5.74, 6) is -0.502. The molecule has 0 bridgehead atoms. The van der Waals surface area contributed by atoms with Crippen LogP contribution in [0.3, 0.4) is 0 Å². The van der Waals surface area contributed by atoms with Crippen LogP contribution in [0.4, 0.5) is 5.69 Å². The van der Waals surface area contributed by atoms with Crippen LogP contribution >= 0.6 is 0 Å². The van der Waals surface area contributed by atoms with Crippen molar-refractivity contribution in [2.75, 3.05) is 24.2 Å². The van der Waals surface area contributed by atoms with E-state index in [-0.39, 0.29) is 28.9 Å². The highest BCUT2D eigenvalue weighted by Crippen LogP contribution is 2.30. The van der Waals surface area contributed by atoms with Gasteiger partial charge in [-0.15, -0.1) is 0 Å². The van der Waals surface area contributed by atoms with E-state index in [9.17, 15) is 18.0 Å². The maximum atomic E-state index is 12.7. The van der Waals surface area contributed by atoms with Gasteiger partial charge in [0.2, 0.25) is 11.8 Å². The van der Waals surface area contributed by atoms with Crippen LogP contribution in [0.5, 0.6) is 0 Å². The van der Waals surface area contributed by atoms with Crippen LogP contribution in [-0.2, 0) is 32.4 Å². The first-order valence-corrected chi connectivity index (χ1v) is 10.8. The largest absolute Gasteiger partial charge is 0.341 e. The standard InChI is InChI=1S/C21H24N2O4S/c1-16(24)23-12-10-18-14-19(8-9-20(18)23)28(26,27)13-11-21(25)22(2)15-17-6-4-3-5-7-17/h3-9,14H,10-13,15H2,1-2H3. The third-order valence-corrected chi connectivity index (χ3v) is 6.67. The molecule has 28 heavy (non-hydrogen) atoms. The fourth-order valence-electron chi connectivity index (χ4n) is 3.37. The van der Waals surface area contributed by atoms with Gasteiger partial charge >= 0.3 is 0 Å². The van der Waals surface area contributed by atoms with Crippen molar-refractivity contribution >= 4 is 27.3 Å². The molecule has 0 aliphatic carbocycles. The number of fused-ring (bicyclic) bond motifs is 1. The van der Waals surface area contributed by atoms with Crippen molar-refractivity contribution < 1.29 is 18.0 Å². The smallest absolute Gasteiger partial charge is 0.223 e. The number of anilines is 1. The third-order valence-electron chi connectivity index (χ3n) is 4.96. The molecule has 0 N–H and O–H groups in total. The maximum absolute atomic E-state index is 12.7. The lowest BCUT2D eigenvalue weighted by atomic mass is 10.2. The van der Waals surface area contributed by atoms with E-state index in [2.05, 4.69) is 0 Å². The average molecular weight is 401 g/mol. The molecule has 2 aromatic carbocycles. The zero-order valence-corrected chi connectivity index (χ0v) is 16.9. The Labute approximate surface area is 165 Å². The van der Waals surface area contributed by atoms with Crippen molar-refractivity contribution in [2.24, 2.45) is 0 Å². The molecule has 0 saturated carbocycles. The SMILES string of the molecule is CC(=O)N1CCc2cc(S(=O)(=O)CCC(=O)N(C)Cc3ccccc3)ccc21. The second kappa shape index (κ2) is 8.14. The molecule has 0 unspecified atom stereocenters. The number of carbonyl (C=O) groups excluding carboxylic acids is 2. The first-order valence-electron chi connectivity index (χ1n) is 9.19. The molecule has 7 heteroatoms.